The molecular formula is C14H21OSi2. The van der Waals surface area contributed by atoms with Crippen LogP contribution in [0.5, 0.6) is 0 Å². The van der Waals surface area contributed by atoms with E-state index in [9.17, 15) is 0 Å². The normalized spacial score (nSPS) is 15.1. The van der Waals surface area contributed by atoms with E-state index in [1.807, 2.05) is 0 Å². The molecule has 0 unspecified atom stereocenters. The molecule has 0 heterocycles. The van der Waals surface area contributed by atoms with Gasteiger partial charge in [-0.2, -0.15) is 0 Å². The molecule has 0 aromatic heterocycles. The number of benzene rings is 1. The van der Waals surface area contributed by atoms with Crippen LogP contribution in [0.4, 0.5) is 0 Å². The van der Waals surface area contributed by atoms with Crippen LogP contribution < -0.4 is 0 Å². The molecule has 2 rings (SSSR count). The molecular weight excluding hydrogens is 240 g/mol. The standard InChI is InChI=1S/C14H21OSi2/c1-16(2)15-17(3,4)10-9-12-5-6-13-7-8-14(13)11-12/h5-6,9-11H,7-8H2,1-4H3. The number of rotatable bonds is 4. The van der Waals surface area contributed by atoms with Gasteiger partial charge in [0, 0.05) is 0 Å². The molecule has 0 fully saturated rings. The van der Waals surface area contributed by atoms with Crippen molar-refractivity contribution in [1.82, 2.24) is 0 Å². The van der Waals surface area contributed by atoms with E-state index >= 15 is 0 Å². The van der Waals surface area contributed by atoms with E-state index in [1.165, 1.54) is 29.5 Å². The van der Waals surface area contributed by atoms with Crippen molar-refractivity contribution in [2.45, 2.75) is 39.0 Å². The minimum atomic E-state index is -1.60. The van der Waals surface area contributed by atoms with Crippen molar-refractivity contribution in [3.8, 4) is 0 Å². The zero-order valence-electron chi connectivity index (χ0n) is 11.2. The zero-order chi connectivity index (χ0) is 12.5. The summed E-state index contributed by atoms with van der Waals surface area (Å²) in [5.74, 6) is 0. The van der Waals surface area contributed by atoms with Gasteiger partial charge in [-0.05, 0) is 55.7 Å². The lowest BCUT2D eigenvalue weighted by Gasteiger charge is -2.22. The predicted molar refractivity (Wildman–Crippen MR) is 78.9 cm³/mol. The Balaban J connectivity index is 2.06. The number of aryl methyl sites for hydroxylation is 2. The summed E-state index contributed by atoms with van der Waals surface area (Å²) in [4.78, 5) is 0. The van der Waals surface area contributed by atoms with Gasteiger partial charge in [0.15, 0.2) is 17.4 Å². The summed E-state index contributed by atoms with van der Waals surface area (Å²) in [6.45, 7) is 8.95. The molecule has 1 aliphatic carbocycles. The van der Waals surface area contributed by atoms with Gasteiger partial charge in [0.1, 0.15) is 0 Å². The third-order valence-corrected chi connectivity index (χ3v) is 7.75. The third kappa shape index (κ3) is 3.41. The van der Waals surface area contributed by atoms with Crippen LogP contribution in [0.1, 0.15) is 16.7 Å². The van der Waals surface area contributed by atoms with E-state index in [4.69, 9.17) is 4.12 Å². The minimum Gasteiger partial charge on any atom is -0.453 e. The molecule has 0 saturated carbocycles. The maximum atomic E-state index is 6.08. The van der Waals surface area contributed by atoms with Crippen molar-refractivity contribution >= 4 is 23.4 Å². The first kappa shape index (κ1) is 12.8. The Bertz CT molecular complexity index is 436. The predicted octanol–water partition coefficient (Wildman–Crippen LogP) is 3.81. The Morgan fingerprint density at radius 1 is 1.18 bits per heavy atom. The lowest BCUT2D eigenvalue weighted by molar-refractivity contribution is 0.589. The van der Waals surface area contributed by atoms with Crippen LogP contribution in [0.2, 0.25) is 26.2 Å². The van der Waals surface area contributed by atoms with Gasteiger partial charge < -0.3 is 4.12 Å². The van der Waals surface area contributed by atoms with Crippen molar-refractivity contribution in [2.24, 2.45) is 0 Å². The summed E-state index contributed by atoms with van der Waals surface area (Å²) in [7, 11) is -2.19. The van der Waals surface area contributed by atoms with E-state index in [0.29, 0.717) is 0 Å². The second-order valence-electron chi connectivity index (χ2n) is 5.48. The quantitative estimate of drug-likeness (QED) is 0.749. The topological polar surface area (TPSA) is 9.23 Å². The first-order valence-electron chi connectivity index (χ1n) is 6.26. The highest BCUT2D eigenvalue weighted by atomic mass is 28.4. The molecule has 0 bridgehead atoms. The van der Waals surface area contributed by atoms with Crippen LogP contribution in [0, 0.1) is 0 Å². The van der Waals surface area contributed by atoms with E-state index in [0.717, 1.165) is 0 Å². The number of fused-ring (bicyclic) bond motifs is 1. The van der Waals surface area contributed by atoms with Gasteiger partial charge in [0.25, 0.3) is 0 Å². The fourth-order valence-corrected chi connectivity index (χ4v) is 7.25. The molecule has 0 N–H and O–H groups in total. The van der Waals surface area contributed by atoms with Crippen molar-refractivity contribution in [1.29, 1.82) is 0 Å². The summed E-state index contributed by atoms with van der Waals surface area (Å²) in [5, 5.41) is 0. The molecule has 1 nitrogen and oxygen atoms in total. The lowest BCUT2D eigenvalue weighted by atomic mass is 9.87. The van der Waals surface area contributed by atoms with Crippen molar-refractivity contribution in [3.05, 3.63) is 40.6 Å². The van der Waals surface area contributed by atoms with Gasteiger partial charge >= 0.3 is 0 Å². The summed E-state index contributed by atoms with van der Waals surface area (Å²) >= 11 is 0. The molecule has 1 radical (unpaired) electrons. The highest BCUT2D eigenvalue weighted by molar-refractivity contribution is 6.82. The fourth-order valence-electron chi connectivity index (χ4n) is 2.18. The highest BCUT2D eigenvalue weighted by Gasteiger charge is 2.20. The molecule has 0 aliphatic heterocycles. The molecule has 3 heteroatoms. The van der Waals surface area contributed by atoms with Gasteiger partial charge in [-0.25, -0.2) is 0 Å². The van der Waals surface area contributed by atoms with Crippen LogP contribution in [0.3, 0.4) is 0 Å². The van der Waals surface area contributed by atoms with E-state index in [1.54, 1.807) is 0 Å². The first-order chi connectivity index (χ1) is 7.96. The van der Waals surface area contributed by atoms with Crippen LogP contribution in [-0.2, 0) is 17.0 Å². The van der Waals surface area contributed by atoms with E-state index in [2.05, 4.69) is 56.2 Å². The first-order valence-corrected chi connectivity index (χ1v) is 11.7. The second kappa shape index (κ2) is 4.92. The van der Waals surface area contributed by atoms with Gasteiger partial charge in [0.2, 0.25) is 0 Å². The average molecular weight is 261 g/mol. The van der Waals surface area contributed by atoms with Crippen LogP contribution >= 0.6 is 0 Å². The molecule has 0 spiro atoms. The maximum absolute atomic E-state index is 6.08. The van der Waals surface area contributed by atoms with Crippen LogP contribution in [0.25, 0.3) is 6.08 Å². The van der Waals surface area contributed by atoms with Crippen molar-refractivity contribution in [2.75, 3.05) is 0 Å². The second-order valence-corrected chi connectivity index (χ2v) is 11.6. The van der Waals surface area contributed by atoms with Crippen molar-refractivity contribution in [3.63, 3.8) is 0 Å². The number of hydrogen-bond acceptors (Lipinski definition) is 1. The zero-order valence-corrected chi connectivity index (χ0v) is 13.2. The Kier molecular flexibility index (Phi) is 3.71. The van der Waals surface area contributed by atoms with Crippen molar-refractivity contribution < 1.29 is 4.12 Å². The molecule has 1 aromatic rings. The smallest absolute Gasteiger partial charge is 0.198 e. The Labute approximate surface area is 107 Å². The molecule has 0 amide bonds. The summed E-state index contributed by atoms with van der Waals surface area (Å²) in [6, 6.07) is 6.81. The van der Waals surface area contributed by atoms with E-state index in [-0.39, 0.29) is 0 Å². The number of hydrogen-bond donors (Lipinski definition) is 0. The monoisotopic (exact) mass is 261 g/mol. The minimum absolute atomic E-state index is 0.588. The maximum Gasteiger partial charge on any atom is 0.198 e. The van der Waals surface area contributed by atoms with Crippen LogP contribution in [-0.4, -0.2) is 17.4 Å². The molecule has 17 heavy (non-hydrogen) atoms. The van der Waals surface area contributed by atoms with Gasteiger partial charge in [-0.3, -0.25) is 0 Å². The van der Waals surface area contributed by atoms with E-state index < -0.39 is 17.4 Å². The largest absolute Gasteiger partial charge is 0.453 e. The highest BCUT2D eigenvalue weighted by Crippen LogP contribution is 2.24. The summed E-state index contributed by atoms with van der Waals surface area (Å²) in [5.41, 5.74) is 6.70. The molecule has 1 aliphatic rings. The Morgan fingerprint density at radius 2 is 1.88 bits per heavy atom. The average Bonchev–Trinajstić information content (AvgIpc) is 2.16. The summed E-state index contributed by atoms with van der Waals surface area (Å²) in [6.07, 6.45) is 4.77. The lowest BCUT2D eigenvalue weighted by Crippen LogP contribution is -2.33. The fraction of sp³-hybridized carbons (Fsp3) is 0.429. The van der Waals surface area contributed by atoms with Gasteiger partial charge in [-0.15, -0.1) is 0 Å². The Hall–Kier alpha value is -0.646. The third-order valence-electron chi connectivity index (χ3n) is 3.04. The molecule has 1 aromatic carbocycles. The van der Waals surface area contributed by atoms with Gasteiger partial charge in [0.05, 0.1) is 0 Å². The molecule has 91 valence electrons. The molecule has 0 atom stereocenters. The van der Waals surface area contributed by atoms with Crippen LogP contribution in [0.15, 0.2) is 23.9 Å². The van der Waals surface area contributed by atoms with Gasteiger partial charge in [-0.1, -0.05) is 30.0 Å². The molecule has 0 saturated heterocycles. The SMILES string of the molecule is C[Si](C)O[Si](C)(C)C=Cc1ccc2c(c1)CC2. The summed E-state index contributed by atoms with van der Waals surface area (Å²) < 4.78 is 6.08. The Morgan fingerprint density at radius 3 is 2.41 bits per heavy atom.